The molecule has 3 N–H and O–H groups in total. The molecule has 2 aliphatic carbocycles. The Labute approximate surface area is 152 Å². The molecule has 0 aliphatic heterocycles. The van der Waals surface area contributed by atoms with Crippen molar-refractivity contribution < 1.29 is 4.79 Å². The topological polar surface area (TPSA) is 58.4 Å². The number of nitrogens with two attached hydrogens (primary N) is 1. The fourth-order valence-electron chi connectivity index (χ4n) is 4.46. The molecule has 2 atom stereocenters. The van der Waals surface area contributed by atoms with Crippen molar-refractivity contribution in [1.29, 1.82) is 0 Å². The van der Waals surface area contributed by atoms with Crippen LogP contribution >= 0.6 is 0 Å². The van der Waals surface area contributed by atoms with E-state index in [1.807, 2.05) is 12.1 Å². The van der Waals surface area contributed by atoms with E-state index in [9.17, 15) is 4.79 Å². The second-order valence-corrected chi connectivity index (χ2v) is 7.97. The van der Waals surface area contributed by atoms with Crippen molar-refractivity contribution in [2.45, 2.75) is 76.4 Å². The first kappa shape index (κ1) is 18.4. The first-order chi connectivity index (χ1) is 12.1. The number of hydrogen-bond donors (Lipinski definition) is 2. The van der Waals surface area contributed by atoms with E-state index in [2.05, 4.69) is 29.4 Å². The maximum absolute atomic E-state index is 12.5. The number of anilines is 1. The van der Waals surface area contributed by atoms with Crippen LogP contribution in [0.4, 0.5) is 5.69 Å². The third kappa shape index (κ3) is 5.05. The first-order valence-corrected chi connectivity index (χ1v) is 9.97. The van der Waals surface area contributed by atoms with Crippen LogP contribution in [0.5, 0.6) is 0 Å². The fraction of sp³-hybridized carbons (Fsp3) is 0.667. The van der Waals surface area contributed by atoms with Crippen LogP contribution in [0, 0.1) is 5.92 Å². The lowest BCUT2D eigenvalue weighted by atomic mass is 9.94. The zero-order chi connectivity index (χ0) is 17.6. The van der Waals surface area contributed by atoms with Crippen molar-refractivity contribution >= 4 is 11.6 Å². The molecule has 2 fully saturated rings. The van der Waals surface area contributed by atoms with E-state index in [4.69, 9.17) is 5.73 Å². The number of hydrogen-bond acceptors (Lipinski definition) is 3. The number of para-hydroxylation sites is 1. The minimum absolute atomic E-state index is 0.107. The van der Waals surface area contributed by atoms with Gasteiger partial charge in [0.25, 0.3) is 0 Å². The molecule has 138 valence electrons. The number of rotatable bonds is 6. The van der Waals surface area contributed by atoms with Gasteiger partial charge in [-0.3, -0.25) is 9.69 Å². The summed E-state index contributed by atoms with van der Waals surface area (Å²) in [4.78, 5) is 14.9. The van der Waals surface area contributed by atoms with Crippen molar-refractivity contribution in [3.63, 3.8) is 0 Å². The van der Waals surface area contributed by atoms with Gasteiger partial charge in [0.15, 0.2) is 0 Å². The van der Waals surface area contributed by atoms with E-state index in [1.165, 1.54) is 37.7 Å². The average Bonchev–Trinajstić information content (AvgIpc) is 3.02. The number of benzene rings is 1. The third-order valence-electron chi connectivity index (χ3n) is 6.07. The lowest BCUT2D eigenvalue weighted by Crippen LogP contribution is -2.33. The van der Waals surface area contributed by atoms with Gasteiger partial charge in [-0.1, -0.05) is 43.9 Å². The third-order valence-corrected chi connectivity index (χ3v) is 6.07. The smallest absolute Gasteiger partial charge is 0.224 e. The molecular weight excluding hydrogens is 310 g/mol. The average molecular weight is 344 g/mol. The second-order valence-electron chi connectivity index (χ2n) is 7.97. The minimum Gasteiger partial charge on any atom is -0.327 e. The monoisotopic (exact) mass is 343 g/mol. The Morgan fingerprint density at radius 2 is 1.88 bits per heavy atom. The fourth-order valence-corrected chi connectivity index (χ4v) is 4.46. The van der Waals surface area contributed by atoms with E-state index in [1.54, 1.807) is 0 Å². The molecular formula is C21H33N3O. The standard InChI is InChI=1S/C21H33N3O/c1-24(18-10-3-2-4-11-18)15-17-8-5-6-13-20(17)23-21(25)14-16-9-7-12-19(16)22/h5-6,8,13,16,18-19H,2-4,7,9-12,14-15,22H2,1H3,(H,23,25)/t16-,19+/m0/s1. The van der Waals surface area contributed by atoms with E-state index in [0.717, 1.165) is 31.5 Å². The zero-order valence-corrected chi connectivity index (χ0v) is 15.5. The Balaban J connectivity index is 1.59. The maximum Gasteiger partial charge on any atom is 0.224 e. The number of carbonyl (C=O) groups excluding carboxylic acids is 1. The predicted molar refractivity (Wildman–Crippen MR) is 103 cm³/mol. The highest BCUT2D eigenvalue weighted by Crippen LogP contribution is 2.28. The van der Waals surface area contributed by atoms with Crippen LogP contribution in [0.2, 0.25) is 0 Å². The highest BCUT2D eigenvalue weighted by atomic mass is 16.1. The number of nitrogens with one attached hydrogen (secondary N) is 1. The Morgan fingerprint density at radius 3 is 2.60 bits per heavy atom. The van der Waals surface area contributed by atoms with Gasteiger partial charge < -0.3 is 11.1 Å². The molecule has 25 heavy (non-hydrogen) atoms. The molecule has 4 heteroatoms. The van der Waals surface area contributed by atoms with E-state index < -0.39 is 0 Å². The molecule has 1 aromatic carbocycles. The summed E-state index contributed by atoms with van der Waals surface area (Å²) < 4.78 is 0. The summed E-state index contributed by atoms with van der Waals surface area (Å²) in [5.74, 6) is 0.451. The molecule has 3 rings (SSSR count). The van der Waals surface area contributed by atoms with Crippen LogP contribution in [0.25, 0.3) is 0 Å². The molecule has 1 amide bonds. The number of carbonyl (C=O) groups is 1. The van der Waals surface area contributed by atoms with Gasteiger partial charge in [-0.2, -0.15) is 0 Å². The molecule has 0 heterocycles. The summed E-state index contributed by atoms with van der Waals surface area (Å²) in [5.41, 5.74) is 8.28. The second kappa shape index (κ2) is 8.81. The van der Waals surface area contributed by atoms with Gasteiger partial charge in [-0.25, -0.2) is 0 Å². The molecule has 0 spiro atoms. The van der Waals surface area contributed by atoms with E-state index in [0.29, 0.717) is 18.4 Å². The highest BCUT2D eigenvalue weighted by molar-refractivity contribution is 5.91. The number of nitrogens with zero attached hydrogens (tertiary/aromatic N) is 1. The SMILES string of the molecule is CN(Cc1ccccc1NC(=O)C[C@@H]1CCC[C@H]1N)C1CCCCC1. The molecule has 1 aromatic rings. The van der Waals surface area contributed by atoms with Crippen molar-refractivity contribution in [1.82, 2.24) is 4.90 Å². The van der Waals surface area contributed by atoms with Gasteiger partial charge in [0, 0.05) is 30.7 Å². The highest BCUT2D eigenvalue weighted by Gasteiger charge is 2.26. The summed E-state index contributed by atoms with van der Waals surface area (Å²) in [6.07, 6.45) is 10.5. The van der Waals surface area contributed by atoms with Crippen molar-refractivity contribution in [2.75, 3.05) is 12.4 Å². The summed E-state index contributed by atoms with van der Waals surface area (Å²) in [6, 6.07) is 9.09. The molecule has 0 saturated heterocycles. The van der Waals surface area contributed by atoms with Gasteiger partial charge in [0.2, 0.25) is 5.91 Å². The Morgan fingerprint density at radius 1 is 1.12 bits per heavy atom. The van der Waals surface area contributed by atoms with E-state index >= 15 is 0 Å². The Bertz CT molecular complexity index is 568. The minimum atomic E-state index is 0.107. The largest absolute Gasteiger partial charge is 0.327 e. The van der Waals surface area contributed by atoms with Crippen LogP contribution in [-0.2, 0) is 11.3 Å². The van der Waals surface area contributed by atoms with Crippen LogP contribution in [0.3, 0.4) is 0 Å². The van der Waals surface area contributed by atoms with Gasteiger partial charge in [-0.15, -0.1) is 0 Å². The van der Waals surface area contributed by atoms with Crippen LogP contribution in [-0.4, -0.2) is 29.9 Å². The molecule has 0 radical (unpaired) electrons. The van der Waals surface area contributed by atoms with Gasteiger partial charge in [0.05, 0.1) is 0 Å². The van der Waals surface area contributed by atoms with Crippen LogP contribution in [0.15, 0.2) is 24.3 Å². The van der Waals surface area contributed by atoms with Crippen LogP contribution in [0.1, 0.15) is 63.4 Å². The van der Waals surface area contributed by atoms with Gasteiger partial charge >= 0.3 is 0 Å². The van der Waals surface area contributed by atoms with Crippen molar-refractivity contribution in [2.24, 2.45) is 11.7 Å². The Hall–Kier alpha value is -1.39. The lowest BCUT2D eigenvalue weighted by molar-refractivity contribution is -0.117. The normalized spacial score (nSPS) is 24.6. The van der Waals surface area contributed by atoms with E-state index in [-0.39, 0.29) is 11.9 Å². The molecule has 0 unspecified atom stereocenters. The quantitative estimate of drug-likeness (QED) is 0.823. The summed E-state index contributed by atoms with van der Waals surface area (Å²) in [6.45, 7) is 0.893. The molecule has 2 saturated carbocycles. The molecule has 2 aliphatic rings. The molecule has 0 bridgehead atoms. The maximum atomic E-state index is 12.5. The van der Waals surface area contributed by atoms with Crippen molar-refractivity contribution in [3.05, 3.63) is 29.8 Å². The number of amides is 1. The van der Waals surface area contributed by atoms with Crippen LogP contribution < -0.4 is 11.1 Å². The van der Waals surface area contributed by atoms with Gasteiger partial charge in [-0.05, 0) is 50.3 Å². The lowest BCUT2D eigenvalue weighted by Gasteiger charge is -2.31. The molecule has 4 nitrogen and oxygen atoms in total. The van der Waals surface area contributed by atoms with Crippen molar-refractivity contribution in [3.8, 4) is 0 Å². The predicted octanol–water partition coefficient (Wildman–Crippen LogP) is 3.91. The Kier molecular flexibility index (Phi) is 6.49. The summed E-state index contributed by atoms with van der Waals surface area (Å²) in [5, 5.41) is 3.15. The molecule has 0 aromatic heterocycles. The van der Waals surface area contributed by atoms with Gasteiger partial charge in [0.1, 0.15) is 0 Å². The summed E-state index contributed by atoms with van der Waals surface area (Å²) in [7, 11) is 2.21. The zero-order valence-electron chi connectivity index (χ0n) is 15.5. The first-order valence-electron chi connectivity index (χ1n) is 9.97. The summed E-state index contributed by atoms with van der Waals surface area (Å²) >= 11 is 0.